The molecule has 1 saturated heterocycles. The van der Waals surface area contributed by atoms with Gasteiger partial charge >= 0.3 is 0 Å². The Morgan fingerprint density at radius 1 is 1.11 bits per heavy atom. The fraction of sp³-hybridized carbons (Fsp3) is 0.812. The number of aliphatic imine (C=N–C) groups is 1. The van der Waals surface area contributed by atoms with Crippen molar-refractivity contribution in [2.75, 3.05) is 19.8 Å². The van der Waals surface area contributed by atoms with E-state index in [2.05, 4.69) is 53.4 Å². The summed E-state index contributed by atoms with van der Waals surface area (Å²) in [6.45, 7) is 18.2. The zero-order valence-electron chi connectivity index (χ0n) is 13.5. The predicted molar refractivity (Wildman–Crippen MR) is 80.4 cm³/mol. The van der Waals surface area contributed by atoms with Gasteiger partial charge in [-0.25, -0.2) is 0 Å². The minimum absolute atomic E-state index is 0.0836. The van der Waals surface area contributed by atoms with E-state index in [1.54, 1.807) is 0 Å². The lowest BCUT2D eigenvalue weighted by Crippen LogP contribution is -2.49. The van der Waals surface area contributed by atoms with Gasteiger partial charge in [0.05, 0.1) is 19.3 Å². The summed E-state index contributed by atoms with van der Waals surface area (Å²) in [5.74, 6) is 1.21. The van der Waals surface area contributed by atoms with Gasteiger partial charge in [0.25, 0.3) is 0 Å². The second-order valence-corrected chi connectivity index (χ2v) is 7.69. The summed E-state index contributed by atoms with van der Waals surface area (Å²) in [5.41, 5.74) is 3.01. The Morgan fingerprint density at radius 3 is 2.26 bits per heavy atom. The molecular formula is C16H28N2O. The second kappa shape index (κ2) is 4.62. The molecule has 0 aromatic heterocycles. The third kappa shape index (κ3) is 2.71. The van der Waals surface area contributed by atoms with Crippen molar-refractivity contribution < 1.29 is 4.74 Å². The van der Waals surface area contributed by atoms with E-state index in [0.717, 1.165) is 19.8 Å². The third-order valence-corrected chi connectivity index (χ3v) is 3.80. The fourth-order valence-electron chi connectivity index (χ4n) is 3.21. The van der Waals surface area contributed by atoms with E-state index < -0.39 is 0 Å². The highest BCUT2D eigenvalue weighted by atomic mass is 16.5. The largest absolute Gasteiger partial charge is 0.373 e. The lowest BCUT2D eigenvalue weighted by atomic mass is 9.79. The molecule has 19 heavy (non-hydrogen) atoms. The molecule has 0 amide bonds. The molecule has 0 aromatic carbocycles. The van der Waals surface area contributed by atoms with E-state index in [1.165, 1.54) is 17.1 Å². The Balaban J connectivity index is 2.50. The van der Waals surface area contributed by atoms with E-state index in [-0.39, 0.29) is 16.9 Å². The minimum Gasteiger partial charge on any atom is -0.373 e. The summed E-state index contributed by atoms with van der Waals surface area (Å²) < 4.78 is 5.72. The number of ether oxygens (including phenoxy) is 1. The molecule has 0 radical (unpaired) electrons. The van der Waals surface area contributed by atoms with Gasteiger partial charge in [-0.15, -0.1) is 0 Å². The molecule has 2 aliphatic rings. The average Bonchev–Trinajstić information content (AvgIpc) is 2.24. The molecule has 1 atom stereocenters. The van der Waals surface area contributed by atoms with Gasteiger partial charge < -0.3 is 9.64 Å². The first-order chi connectivity index (χ1) is 8.62. The van der Waals surface area contributed by atoms with Crippen LogP contribution < -0.4 is 0 Å². The van der Waals surface area contributed by atoms with E-state index in [9.17, 15) is 0 Å². The van der Waals surface area contributed by atoms with Crippen molar-refractivity contribution in [2.45, 2.75) is 54.5 Å². The molecule has 3 nitrogen and oxygen atoms in total. The van der Waals surface area contributed by atoms with Gasteiger partial charge in [0, 0.05) is 17.7 Å². The Kier molecular flexibility index (Phi) is 3.54. The van der Waals surface area contributed by atoms with Crippen LogP contribution >= 0.6 is 0 Å². The highest BCUT2D eigenvalue weighted by molar-refractivity contribution is 5.90. The molecule has 1 fully saturated rings. The second-order valence-electron chi connectivity index (χ2n) is 7.69. The smallest absolute Gasteiger partial charge is 0.109 e. The quantitative estimate of drug-likeness (QED) is 0.669. The van der Waals surface area contributed by atoms with Gasteiger partial charge in [0.1, 0.15) is 5.84 Å². The number of rotatable bonds is 0. The molecule has 2 rings (SSSR count). The zero-order chi connectivity index (χ0) is 14.4. The SMILES string of the molecule is C[C@@H]1N=C(C(C)(C)C)N2CCOCC2=C1C(C)(C)C. The van der Waals surface area contributed by atoms with Crippen molar-refractivity contribution in [3.05, 3.63) is 11.3 Å². The summed E-state index contributed by atoms with van der Waals surface area (Å²) in [4.78, 5) is 7.42. The number of amidine groups is 1. The number of fused-ring (bicyclic) bond motifs is 1. The van der Waals surface area contributed by atoms with Crippen LogP contribution in [-0.2, 0) is 4.74 Å². The van der Waals surface area contributed by atoms with Crippen LogP contribution in [0.1, 0.15) is 48.5 Å². The van der Waals surface area contributed by atoms with Crippen LogP contribution in [0.5, 0.6) is 0 Å². The standard InChI is InChI=1S/C16H28N2O/c1-11-13(15(2,3)4)12-10-19-9-8-18(12)14(17-11)16(5,6)7/h11H,8-10H2,1-7H3/t11-/m0/s1. The number of hydrogen-bond acceptors (Lipinski definition) is 3. The number of nitrogens with zero attached hydrogens (tertiary/aromatic N) is 2. The molecule has 0 aliphatic carbocycles. The van der Waals surface area contributed by atoms with E-state index in [0.29, 0.717) is 0 Å². The molecule has 0 unspecified atom stereocenters. The molecule has 0 spiro atoms. The molecule has 3 heteroatoms. The van der Waals surface area contributed by atoms with Gasteiger partial charge in [-0.3, -0.25) is 4.99 Å². The van der Waals surface area contributed by atoms with Gasteiger partial charge in [-0.1, -0.05) is 41.5 Å². The fourth-order valence-corrected chi connectivity index (χ4v) is 3.21. The van der Waals surface area contributed by atoms with E-state index in [1.807, 2.05) is 0 Å². The lowest BCUT2D eigenvalue weighted by Gasteiger charge is -2.45. The first-order valence-corrected chi connectivity index (χ1v) is 7.29. The Morgan fingerprint density at radius 2 is 1.74 bits per heavy atom. The maximum atomic E-state index is 5.72. The van der Waals surface area contributed by atoms with Gasteiger partial charge in [0.2, 0.25) is 0 Å². The summed E-state index contributed by atoms with van der Waals surface area (Å²) in [5, 5.41) is 0. The highest BCUT2D eigenvalue weighted by Crippen LogP contribution is 2.39. The molecule has 2 aliphatic heterocycles. The molecule has 0 saturated carbocycles. The van der Waals surface area contributed by atoms with Crippen LogP contribution in [0.15, 0.2) is 16.3 Å². The van der Waals surface area contributed by atoms with Gasteiger partial charge in [-0.2, -0.15) is 0 Å². The predicted octanol–water partition coefficient (Wildman–Crippen LogP) is 3.47. The van der Waals surface area contributed by atoms with Crippen molar-refractivity contribution in [2.24, 2.45) is 15.8 Å². The van der Waals surface area contributed by atoms with E-state index >= 15 is 0 Å². The summed E-state index contributed by atoms with van der Waals surface area (Å²) >= 11 is 0. The first kappa shape index (κ1) is 14.6. The van der Waals surface area contributed by atoms with Crippen molar-refractivity contribution >= 4 is 5.84 Å². The Labute approximate surface area is 117 Å². The minimum atomic E-state index is 0.0836. The monoisotopic (exact) mass is 264 g/mol. The molecular weight excluding hydrogens is 236 g/mol. The zero-order valence-corrected chi connectivity index (χ0v) is 13.5. The average molecular weight is 264 g/mol. The number of hydrogen-bond donors (Lipinski definition) is 0. The van der Waals surface area contributed by atoms with Crippen molar-refractivity contribution in [3.8, 4) is 0 Å². The van der Waals surface area contributed by atoms with Gasteiger partial charge in [-0.05, 0) is 17.9 Å². The third-order valence-electron chi connectivity index (χ3n) is 3.80. The first-order valence-electron chi connectivity index (χ1n) is 7.29. The molecule has 108 valence electrons. The Bertz CT molecular complexity index is 421. The molecule has 0 N–H and O–H groups in total. The van der Waals surface area contributed by atoms with Crippen molar-refractivity contribution in [1.29, 1.82) is 0 Å². The van der Waals surface area contributed by atoms with Gasteiger partial charge in [0.15, 0.2) is 0 Å². The van der Waals surface area contributed by atoms with Crippen LogP contribution in [0.3, 0.4) is 0 Å². The molecule has 2 heterocycles. The summed E-state index contributed by atoms with van der Waals surface area (Å²) in [6.07, 6.45) is 0. The topological polar surface area (TPSA) is 24.8 Å². The Hall–Kier alpha value is -0.830. The molecule has 0 aromatic rings. The summed E-state index contributed by atoms with van der Waals surface area (Å²) in [7, 11) is 0. The maximum absolute atomic E-state index is 5.72. The lowest BCUT2D eigenvalue weighted by molar-refractivity contribution is 0.0895. The van der Waals surface area contributed by atoms with E-state index in [4.69, 9.17) is 9.73 Å². The molecule has 0 bridgehead atoms. The van der Waals surface area contributed by atoms with Crippen LogP contribution in [0.25, 0.3) is 0 Å². The maximum Gasteiger partial charge on any atom is 0.109 e. The van der Waals surface area contributed by atoms with Crippen molar-refractivity contribution in [3.63, 3.8) is 0 Å². The van der Waals surface area contributed by atoms with Crippen LogP contribution in [0.2, 0.25) is 0 Å². The summed E-state index contributed by atoms with van der Waals surface area (Å²) in [6, 6.07) is 0.252. The van der Waals surface area contributed by atoms with Crippen LogP contribution in [0.4, 0.5) is 0 Å². The normalized spacial score (nSPS) is 25.3. The highest BCUT2D eigenvalue weighted by Gasteiger charge is 2.38. The number of morpholine rings is 1. The van der Waals surface area contributed by atoms with Crippen molar-refractivity contribution in [1.82, 2.24) is 4.90 Å². The van der Waals surface area contributed by atoms with Crippen LogP contribution in [0, 0.1) is 10.8 Å². The van der Waals surface area contributed by atoms with Crippen LogP contribution in [-0.4, -0.2) is 36.5 Å².